The highest BCUT2D eigenvalue weighted by Gasteiger charge is 2.47. The van der Waals surface area contributed by atoms with E-state index in [1.54, 1.807) is 0 Å². The van der Waals surface area contributed by atoms with Crippen molar-refractivity contribution in [1.82, 2.24) is 0 Å². The molecule has 0 atom stereocenters. The van der Waals surface area contributed by atoms with E-state index in [2.05, 4.69) is 229 Å². The van der Waals surface area contributed by atoms with Crippen molar-refractivity contribution >= 4 is 39.0 Å². The van der Waals surface area contributed by atoms with Crippen LogP contribution in [-0.4, -0.2) is 0 Å². The van der Waals surface area contributed by atoms with Gasteiger partial charge in [0.1, 0.15) is 5.58 Å². The molecular formula is C55H37NO. The topological polar surface area (TPSA) is 16.4 Å². The minimum absolute atomic E-state index is 0.590. The van der Waals surface area contributed by atoms with E-state index in [-0.39, 0.29) is 0 Å². The van der Waals surface area contributed by atoms with Gasteiger partial charge in [-0.1, -0.05) is 188 Å². The Labute approximate surface area is 332 Å². The highest BCUT2D eigenvalue weighted by Crippen LogP contribution is 2.59. The van der Waals surface area contributed by atoms with E-state index in [0.717, 1.165) is 39.0 Å². The zero-order valence-electron chi connectivity index (χ0n) is 31.2. The Morgan fingerprint density at radius 3 is 1.58 bits per heavy atom. The number of nitrogens with zero attached hydrogens (tertiary/aromatic N) is 1. The molecule has 2 heteroatoms. The molecule has 268 valence electrons. The molecule has 10 aromatic rings. The predicted octanol–water partition coefficient (Wildman–Crippen LogP) is 14.8. The second kappa shape index (κ2) is 13.4. The van der Waals surface area contributed by atoms with Crippen molar-refractivity contribution in [3.05, 3.63) is 247 Å². The molecule has 1 aliphatic carbocycles. The molecule has 0 saturated carbocycles. The molecule has 0 fully saturated rings. The van der Waals surface area contributed by atoms with Crippen LogP contribution >= 0.6 is 0 Å². The third kappa shape index (κ3) is 5.11. The molecule has 11 rings (SSSR count). The number of hydrogen-bond donors (Lipinski definition) is 0. The van der Waals surface area contributed by atoms with Gasteiger partial charge in [-0.25, -0.2) is 0 Å². The Bertz CT molecular complexity index is 3010. The van der Waals surface area contributed by atoms with Crippen molar-refractivity contribution in [2.24, 2.45) is 0 Å². The van der Waals surface area contributed by atoms with E-state index in [0.29, 0.717) is 0 Å². The van der Waals surface area contributed by atoms with Crippen molar-refractivity contribution in [3.63, 3.8) is 0 Å². The maximum atomic E-state index is 7.13. The summed E-state index contributed by atoms with van der Waals surface area (Å²) < 4.78 is 7.13. The molecule has 0 bridgehead atoms. The molecule has 0 N–H and O–H groups in total. The highest BCUT2D eigenvalue weighted by atomic mass is 16.3. The van der Waals surface area contributed by atoms with Crippen LogP contribution in [0.15, 0.2) is 229 Å². The van der Waals surface area contributed by atoms with E-state index in [1.165, 1.54) is 55.6 Å². The molecule has 0 amide bonds. The second-order valence-electron chi connectivity index (χ2n) is 14.8. The van der Waals surface area contributed by atoms with Crippen LogP contribution in [0.4, 0.5) is 17.1 Å². The van der Waals surface area contributed by atoms with Crippen LogP contribution in [0.25, 0.3) is 55.3 Å². The van der Waals surface area contributed by atoms with Gasteiger partial charge in [0.05, 0.1) is 11.1 Å². The highest BCUT2D eigenvalue weighted by molar-refractivity contribution is 6.13. The minimum atomic E-state index is -0.590. The van der Waals surface area contributed by atoms with Crippen molar-refractivity contribution in [1.29, 1.82) is 0 Å². The van der Waals surface area contributed by atoms with Crippen LogP contribution in [0, 0.1) is 0 Å². The molecule has 0 spiro atoms. The quantitative estimate of drug-likeness (QED) is 0.163. The van der Waals surface area contributed by atoms with Gasteiger partial charge in [0, 0.05) is 22.1 Å². The smallest absolute Gasteiger partial charge is 0.159 e. The molecule has 0 radical (unpaired) electrons. The molecule has 2 nitrogen and oxygen atoms in total. The molecule has 0 saturated heterocycles. The summed E-state index contributed by atoms with van der Waals surface area (Å²) in [6.45, 7) is 0. The standard InChI is InChI=1S/C55H37NO/c1-5-19-38(20-6-1)43-34-33-42(37-47(43)39-21-7-2-8-22-39)56(41-25-11-4-12-26-41)51-36-35-50(53-46-29-15-18-32-52(46)57-54(51)53)55(40-23-9-3-10-24-40)48-30-16-13-27-44(48)45-28-14-17-31-49(45)55/h1-37H. The summed E-state index contributed by atoms with van der Waals surface area (Å²) in [5, 5.41) is 2.21. The van der Waals surface area contributed by atoms with Gasteiger partial charge >= 0.3 is 0 Å². The van der Waals surface area contributed by atoms with E-state index < -0.39 is 5.41 Å². The predicted molar refractivity (Wildman–Crippen MR) is 237 cm³/mol. The monoisotopic (exact) mass is 727 g/mol. The SMILES string of the molecule is c1ccc(-c2ccc(N(c3ccccc3)c3ccc(C4(c5ccccc5)c5ccccc5-c5ccccc54)c4c3oc3ccccc34)cc2-c2ccccc2)cc1. The van der Waals surface area contributed by atoms with Gasteiger partial charge in [0.2, 0.25) is 0 Å². The fourth-order valence-corrected chi connectivity index (χ4v) is 9.38. The zero-order chi connectivity index (χ0) is 37.8. The van der Waals surface area contributed by atoms with Crippen LogP contribution in [0.2, 0.25) is 0 Å². The molecule has 0 aliphatic heterocycles. The molecule has 1 heterocycles. The minimum Gasteiger partial charge on any atom is -0.454 e. The zero-order valence-corrected chi connectivity index (χ0v) is 31.2. The Balaban J connectivity index is 1.23. The lowest BCUT2D eigenvalue weighted by Crippen LogP contribution is -2.29. The second-order valence-corrected chi connectivity index (χ2v) is 14.8. The first-order valence-corrected chi connectivity index (χ1v) is 19.6. The third-order valence-corrected chi connectivity index (χ3v) is 11.8. The lowest BCUT2D eigenvalue weighted by molar-refractivity contribution is 0.668. The van der Waals surface area contributed by atoms with Gasteiger partial charge in [-0.15, -0.1) is 0 Å². The first-order valence-electron chi connectivity index (χ1n) is 19.6. The average Bonchev–Trinajstić information content (AvgIpc) is 3.83. The summed E-state index contributed by atoms with van der Waals surface area (Å²) in [5.41, 5.74) is 16.4. The summed E-state index contributed by atoms with van der Waals surface area (Å²) in [7, 11) is 0. The van der Waals surface area contributed by atoms with E-state index in [4.69, 9.17) is 4.42 Å². The summed E-state index contributed by atoms with van der Waals surface area (Å²) in [6, 6.07) is 81.0. The number of anilines is 3. The van der Waals surface area contributed by atoms with E-state index in [9.17, 15) is 0 Å². The lowest BCUT2D eigenvalue weighted by atomic mass is 9.66. The number of benzene rings is 9. The first kappa shape index (κ1) is 33.0. The van der Waals surface area contributed by atoms with Crippen LogP contribution in [0.1, 0.15) is 22.3 Å². The van der Waals surface area contributed by atoms with Gasteiger partial charge in [-0.05, 0) is 92.0 Å². The van der Waals surface area contributed by atoms with Gasteiger partial charge in [-0.2, -0.15) is 0 Å². The van der Waals surface area contributed by atoms with Crippen LogP contribution in [-0.2, 0) is 5.41 Å². The number of para-hydroxylation sites is 2. The van der Waals surface area contributed by atoms with Crippen molar-refractivity contribution in [3.8, 4) is 33.4 Å². The van der Waals surface area contributed by atoms with Crippen molar-refractivity contribution in [2.75, 3.05) is 4.90 Å². The molecular weight excluding hydrogens is 691 g/mol. The van der Waals surface area contributed by atoms with E-state index >= 15 is 0 Å². The first-order chi connectivity index (χ1) is 28.3. The summed E-state index contributed by atoms with van der Waals surface area (Å²) >= 11 is 0. The largest absolute Gasteiger partial charge is 0.454 e. The van der Waals surface area contributed by atoms with Crippen LogP contribution in [0.3, 0.4) is 0 Å². The van der Waals surface area contributed by atoms with Crippen LogP contribution in [0.5, 0.6) is 0 Å². The fraction of sp³-hybridized carbons (Fsp3) is 0.0182. The number of furan rings is 1. The Morgan fingerprint density at radius 1 is 0.368 bits per heavy atom. The van der Waals surface area contributed by atoms with Gasteiger partial charge < -0.3 is 9.32 Å². The van der Waals surface area contributed by atoms with Gasteiger partial charge in [0.15, 0.2) is 5.58 Å². The summed E-state index contributed by atoms with van der Waals surface area (Å²) in [6.07, 6.45) is 0. The Hall–Kier alpha value is -7.42. The fourth-order valence-electron chi connectivity index (χ4n) is 9.38. The third-order valence-electron chi connectivity index (χ3n) is 11.8. The van der Waals surface area contributed by atoms with Crippen molar-refractivity contribution in [2.45, 2.75) is 5.41 Å². The number of hydrogen-bond acceptors (Lipinski definition) is 2. The molecule has 1 aromatic heterocycles. The Morgan fingerprint density at radius 2 is 0.912 bits per heavy atom. The van der Waals surface area contributed by atoms with Crippen LogP contribution < -0.4 is 4.90 Å². The molecule has 0 unspecified atom stereocenters. The number of rotatable bonds is 7. The maximum Gasteiger partial charge on any atom is 0.159 e. The maximum absolute atomic E-state index is 7.13. The lowest BCUT2D eigenvalue weighted by Gasteiger charge is -2.35. The molecule has 1 aliphatic rings. The van der Waals surface area contributed by atoms with Crippen molar-refractivity contribution < 1.29 is 4.42 Å². The van der Waals surface area contributed by atoms with E-state index in [1.807, 2.05) is 0 Å². The molecule has 57 heavy (non-hydrogen) atoms. The normalized spacial score (nSPS) is 12.7. The Kier molecular flexibility index (Phi) is 7.75. The summed E-state index contributed by atoms with van der Waals surface area (Å²) in [4.78, 5) is 2.36. The van der Waals surface area contributed by atoms with Gasteiger partial charge in [-0.3, -0.25) is 0 Å². The number of fused-ring (bicyclic) bond motifs is 6. The summed E-state index contributed by atoms with van der Waals surface area (Å²) in [5.74, 6) is 0. The molecule has 9 aromatic carbocycles. The average molecular weight is 728 g/mol. The van der Waals surface area contributed by atoms with Gasteiger partial charge in [0.25, 0.3) is 0 Å².